The monoisotopic (exact) mass is 438 g/mol. The normalized spacial score (nSPS) is 31.6. The summed E-state index contributed by atoms with van der Waals surface area (Å²) in [5.41, 5.74) is 2.13. The molecular formula is C25H30N2O3S. The molecule has 5 atom stereocenters. The van der Waals surface area contributed by atoms with Crippen molar-refractivity contribution >= 4 is 28.2 Å². The molecule has 2 aromatic rings. The van der Waals surface area contributed by atoms with Gasteiger partial charge in [-0.1, -0.05) is 19.1 Å². The van der Waals surface area contributed by atoms with E-state index in [-0.39, 0.29) is 17.2 Å². The van der Waals surface area contributed by atoms with Crippen molar-refractivity contribution < 1.29 is 14.7 Å². The fraction of sp³-hybridized carbons (Fsp3) is 0.560. The smallest absolute Gasteiger partial charge is 0.226 e. The molecule has 3 aliphatic rings. The van der Waals surface area contributed by atoms with Gasteiger partial charge in [-0.05, 0) is 79.9 Å². The second-order valence-electron chi connectivity index (χ2n) is 9.89. The Morgan fingerprint density at radius 2 is 2.19 bits per heavy atom. The van der Waals surface area contributed by atoms with Gasteiger partial charge >= 0.3 is 0 Å². The number of benzene rings is 1. The molecule has 5 nitrogen and oxygen atoms in total. The molecule has 6 heteroatoms. The van der Waals surface area contributed by atoms with Crippen molar-refractivity contribution in [3.63, 3.8) is 0 Å². The topological polar surface area (TPSA) is 79.3 Å². The van der Waals surface area contributed by atoms with Crippen molar-refractivity contribution in [2.24, 2.45) is 23.2 Å². The van der Waals surface area contributed by atoms with Crippen LogP contribution in [0.2, 0.25) is 0 Å². The molecule has 164 valence electrons. The lowest BCUT2D eigenvalue weighted by atomic mass is 9.54. The van der Waals surface area contributed by atoms with Crippen molar-refractivity contribution in [1.29, 1.82) is 0 Å². The van der Waals surface area contributed by atoms with Crippen LogP contribution in [-0.4, -0.2) is 21.8 Å². The molecule has 0 aliphatic heterocycles. The van der Waals surface area contributed by atoms with E-state index < -0.39 is 0 Å². The number of hydrogen-bond donors (Lipinski definition) is 2. The number of aryl methyl sites for hydroxylation is 1. The first-order valence-electron chi connectivity index (χ1n) is 11.4. The van der Waals surface area contributed by atoms with Crippen LogP contribution in [0.25, 0.3) is 0 Å². The first-order chi connectivity index (χ1) is 14.9. The fourth-order valence-electron chi connectivity index (χ4n) is 6.83. The highest BCUT2D eigenvalue weighted by atomic mass is 32.1. The third kappa shape index (κ3) is 3.49. The largest absolute Gasteiger partial charge is 0.508 e. The van der Waals surface area contributed by atoms with E-state index in [9.17, 15) is 14.7 Å². The van der Waals surface area contributed by atoms with Crippen molar-refractivity contribution in [2.75, 3.05) is 5.32 Å². The highest BCUT2D eigenvalue weighted by molar-refractivity contribution is 7.15. The van der Waals surface area contributed by atoms with Gasteiger partial charge in [0.05, 0.1) is 0 Å². The Hall–Kier alpha value is -2.21. The van der Waals surface area contributed by atoms with Crippen molar-refractivity contribution in [1.82, 2.24) is 4.98 Å². The molecule has 0 radical (unpaired) electrons. The van der Waals surface area contributed by atoms with E-state index in [0.29, 0.717) is 47.3 Å². The Bertz CT molecular complexity index is 1030. The maximum atomic E-state index is 13.1. The average Bonchev–Trinajstić information content (AvgIpc) is 3.26. The molecule has 5 rings (SSSR count). The second kappa shape index (κ2) is 7.73. The number of hydrogen-bond acceptors (Lipinski definition) is 5. The van der Waals surface area contributed by atoms with E-state index in [1.807, 2.05) is 13.0 Å². The number of fused-ring (bicyclic) bond motifs is 5. The zero-order chi connectivity index (χ0) is 21.8. The van der Waals surface area contributed by atoms with Crippen LogP contribution < -0.4 is 5.32 Å². The van der Waals surface area contributed by atoms with Gasteiger partial charge in [-0.25, -0.2) is 4.98 Å². The zero-order valence-corrected chi connectivity index (χ0v) is 19.0. The number of phenols is 1. The van der Waals surface area contributed by atoms with Gasteiger partial charge in [0.1, 0.15) is 11.5 Å². The van der Waals surface area contributed by atoms with Gasteiger partial charge in [0.15, 0.2) is 5.13 Å². The summed E-state index contributed by atoms with van der Waals surface area (Å²) >= 11 is 1.48. The van der Waals surface area contributed by atoms with E-state index in [2.05, 4.69) is 23.3 Å². The van der Waals surface area contributed by atoms with E-state index in [0.717, 1.165) is 42.5 Å². The van der Waals surface area contributed by atoms with Crippen LogP contribution in [0.1, 0.15) is 67.4 Å². The Labute approximate surface area is 187 Å². The van der Waals surface area contributed by atoms with Crippen LogP contribution >= 0.6 is 11.3 Å². The van der Waals surface area contributed by atoms with Gasteiger partial charge in [0, 0.05) is 29.3 Å². The van der Waals surface area contributed by atoms with Crippen LogP contribution in [0.5, 0.6) is 5.75 Å². The predicted molar refractivity (Wildman–Crippen MR) is 121 cm³/mol. The van der Waals surface area contributed by atoms with E-state index in [4.69, 9.17) is 0 Å². The number of thiazole rings is 1. The number of aromatic nitrogens is 1. The lowest BCUT2D eigenvalue weighted by Gasteiger charge is -2.50. The highest BCUT2D eigenvalue weighted by Gasteiger charge is 2.58. The summed E-state index contributed by atoms with van der Waals surface area (Å²) in [6.45, 7) is 4.15. The Morgan fingerprint density at radius 3 is 2.97 bits per heavy atom. The quantitative estimate of drug-likeness (QED) is 0.685. The van der Waals surface area contributed by atoms with Gasteiger partial charge in [0.2, 0.25) is 5.91 Å². The molecule has 1 amide bonds. The molecule has 0 saturated heterocycles. The molecular weight excluding hydrogens is 408 g/mol. The van der Waals surface area contributed by atoms with E-state index >= 15 is 0 Å². The third-order valence-corrected chi connectivity index (χ3v) is 9.03. The number of phenolic OH excluding ortho intramolecular Hbond substituents is 1. The Morgan fingerprint density at radius 1 is 1.35 bits per heavy atom. The van der Waals surface area contributed by atoms with Gasteiger partial charge in [-0.2, -0.15) is 0 Å². The van der Waals surface area contributed by atoms with Gasteiger partial charge in [-0.15, -0.1) is 11.3 Å². The van der Waals surface area contributed by atoms with Crippen LogP contribution in [0.4, 0.5) is 5.13 Å². The number of carbonyl (C=O) groups excluding carboxylic acids is 2. The average molecular weight is 439 g/mol. The number of ketones is 1. The summed E-state index contributed by atoms with van der Waals surface area (Å²) in [4.78, 5) is 30.9. The maximum Gasteiger partial charge on any atom is 0.226 e. The molecule has 2 fully saturated rings. The summed E-state index contributed by atoms with van der Waals surface area (Å²) in [5, 5.41) is 13.9. The summed E-state index contributed by atoms with van der Waals surface area (Å²) in [7, 11) is 0. The van der Waals surface area contributed by atoms with Crippen LogP contribution in [0.15, 0.2) is 24.4 Å². The lowest BCUT2D eigenvalue weighted by Crippen LogP contribution is -2.44. The standard InChI is InChI=1S/C25H30N2O3S/c1-14-13-26-24(31-14)27-22(30)9-6-15-12-21(29)25(2)11-10-17-16-4-3-5-20(28)18(16)7-8-19(17)23(15)25/h3-5,13,15,17,19,23,28H,6-12H2,1-2H3,(H,26,27,30)/t15-,17?,19?,23?,25-/m1/s1. The number of anilines is 1. The minimum absolute atomic E-state index is 0.0123. The highest BCUT2D eigenvalue weighted by Crippen LogP contribution is 2.62. The number of nitrogens with one attached hydrogen (secondary N) is 1. The van der Waals surface area contributed by atoms with Crippen molar-refractivity contribution in [3.8, 4) is 5.75 Å². The van der Waals surface area contributed by atoms with Crippen LogP contribution in [0.3, 0.4) is 0 Å². The zero-order valence-electron chi connectivity index (χ0n) is 18.2. The van der Waals surface area contributed by atoms with E-state index in [1.165, 1.54) is 16.9 Å². The predicted octanol–water partition coefficient (Wildman–Crippen LogP) is 5.23. The van der Waals surface area contributed by atoms with Gasteiger partial charge in [0.25, 0.3) is 0 Å². The summed E-state index contributed by atoms with van der Waals surface area (Å²) in [5.74, 6) is 2.23. The molecule has 2 saturated carbocycles. The third-order valence-electron chi connectivity index (χ3n) is 8.21. The number of Topliss-reactive ketones (excluding diaryl/α,β-unsaturated/α-hetero) is 1. The summed E-state index contributed by atoms with van der Waals surface area (Å²) in [6.07, 6.45) is 7.36. The molecule has 0 bridgehead atoms. The SMILES string of the molecule is Cc1cnc(NC(=O)CC[C@@H]2CC(=O)[C@@]3(C)CCC4c5cccc(O)c5CCC4C23)s1. The van der Waals surface area contributed by atoms with Crippen LogP contribution in [0, 0.1) is 30.1 Å². The first-order valence-corrected chi connectivity index (χ1v) is 12.2. The van der Waals surface area contributed by atoms with Crippen molar-refractivity contribution in [2.45, 2.75) is 64.7 Å². The molecule has 31 heavy (non-hydrogen) atoms. The molecule has 2 N–H and O–H groups in total. The number of aromatic hydroxyl groups is 1. The molecule has 1 aromatic heterocycles. The first kappa shape index (κ1) is 20.7. The lowest BCUT2D eigenvalue weighted by molar-refractivity contribution is -0.129. The van der Waals surface area contributed by atoms with Gasteiger partial charge in [-0.3, -0.25) is 9.59 Å². The summed E-state index contributed by atoms with van der Waals surface area (Å²) < 4.78 is 0. The Balaban J connectivity index is 1.34. The Kier molecular flexibility index (Phi) is 5.16. The maximum absolute atomic E-state index is 13.1. The number of amides is 1. The van der Waals surface area contributed by atoms with E-state index in [1.54, 1.807) is 12.3 Å². The minimum atomic E-state index is -0.261. The molecule has 3 aliphatic carbocycles. The van der Waals surface area contributed by atoms with Gasteiger partial charge < -0.3 is 10.4 Å². The number of rotatable bonds is 4. The van der Waals surface area contributed by atoms with Crippen molar-refractivity contribution in [3.05, 3.63) is 40.4 Å². The molecule has 1 aromatic carbocycles. The minimum Gasteiger partial charge on any atom is -0.508 e. The van der Waals surface area contributed by atoms with Crippen LogP contribution in [-0.2, 0) is 16.0 Å². The molecule has 1 heterocycles. The number of nitrogens with zero attached hydrogens (tertiary/aromatic N) is 1. The fourth-order valence-corrected chi connectivity index (χ4v) is 7.51. The number of carbonyl (C=O) groups is 2. The summed E-state index contributed by atoms with van der Waals surface area (Å²) in [6, 6.07) is 5.91. The molecule has 3 unspecified atom stereocenters. The molecule has 0 spiro atoms. The second-order valence-corrected chi connectivity index (χ2v) is 11.1.